The minimum absolute atomic E-state index is 0.0788. The van der Waals surface area contributed by atoms with Crippen LogP contribution in [0.2, 0.25) is 0 Å². The summed E-state index contributed by atoms with van der Waals surface area (Å²) in [5.41, 5.74) is 0.240. The average Bonchev–Trinajstić information content (AvgIpc) is 3.19. The summed E-state index contributed by atoms with van der Waals surface area (Å²) in [7, 11) is 0. The first-order chi connectivity index (χ1) is 12.7. The van der Waals surface area contributed by atoms with E-state index in [1.54, 1.807) is 35.6 Å². The van der Waals surface area contributed by atoms with Crippen LogP contribution in [0.15, 0.2) is 57.1 Å². The van der Waals surface area contributed by atoms with Crippen LogP contribution < -0.4 is 5.43 Å². The molecule has 0 aliphatic carbocycles. The molecule has 2 aromatic heterocycles. The molecule has 26 heavy (non-hydrogen) atoms. The topological polar surface area (TPSA) is 59.8 Å². The zero-order valence-electron chi connectivity index (χ0n) is 14.2. The Labute approximate surface area is 154 Å². The number of amides is 1. The number of rotatable bonds is 4. The van der Waals surface area contributed by atoms with E-state index in [1.165, 1.54) is 6.07 Å². The minimum atomic E-state index is -0.242. The van der Waals surface area contributed by atoms with Gasteiger partial charge in [0.25, 0.3) is 5.91 Å². The second-order valence-corrected chi connectivity index (χ2v) is 7.36. The molecule has 1 fully saturated rings. The molecule has 0 spiro atoms. The average molecular weight is 369 g/mol. The van der Waals surface area contributed by atoms with E-state index in [0.29, 0.717) is 30.7 Å². The Hall–Kier alpha value is -2.44. The monoisotopic (exact) mass is 369 g/mol. The SMILES string of the molecule is O=C(c1cc(=O)c2ccccc2o1)N(Cc1cccs1)C1CCOCC1. The molecule has 6 heteroatoms. The predicted octanol–water partition coefficient (Wildman–Crippen LogP) is 3.68. The fourth-order valence-corrected chi connectivity index (χ4v) is 3.99. The van der Waals surface area contributed by atoms with Gasteiger partial charge in [-0.2, -0.15) is 0 Å². The number of para-hydroxylation sites is 1. The van der Waals surface area contributed by atoms with E-state index in [1.807, 2.05) is 22.4 Å². The lowest BCUT2D eigenvalue weighted by Gasteiger charge is -2.33. The highest BCUT2D eigenvalue weighted by Gasteiger charge is 2.29. The molecule has 1 aromatic carbocycles. The molecular weight excluding hydrogens is 350 g/mol. The van der Waals surface area contributed by atoms with Gasteiger partial charge in [-0.25, -0.2) is 0 Å². The van der Waals surface area contributed by atoms with Gasteiger partial charge in [0, 0.05) is 30.2 Å². The number of hydrogen-bond donors (Lipinski definition) is 0. The largest absolute Gasteiger partial charge is 0.451 e. The first-order valence-electron chi connectivity index (χ1n) is 8.66. The molecular formula is C20H19NO4S. The van der Waals surface area contributed by atoms with Gasteiger partial charge < -0.3 is 14.1 Å². The fourth-order valence-electron chi connectivity index (χ4n) is 3.28. The smallest absolute Gasteiger partial charge is 0.290 e. The zero-order chi connectivity index (χ0) is 17.9. The summed E-state index contributed by atoms with van der Waals surface area (Å²) in [6.45, 7) is 1.79. The van der Waals surface area contributed by atoms with Crippen LogP contribution in [-0.4, -0.2) is 30.1 Å². The molecule has 0 radical (unpaired) electrons. The Morgan fingerprint density at radius 3 is 2.73 bits per heavy atom. The van der Waals surface area contributed by atoms with Gasteiger partial charge in [0.15, 0.2) is 11.2 Å². The van der Waals surface area contributed by atoms with Gasteiger partial charge in [-0.1, -0.05) is 18.2 Å². The van der Waals surface area contributed by atoms with Crippen molar-refractivity contribution in [2.45, 2.75) is 25.4 Å². The van der Waals surface area contributed by atoms with Gasteiger partial charge >= 0.3 is 0 Å². The highest BCUT2D eigenvalue weighted by Crippen LogP contribution is 2.23. The number of carbonyl (C=O) groups excluding carboxylic acids is 1. The molecule has 5 nitrogen and oxygen atoms in total. The number of carbonyl (C=O) groups is 1. The van der Waals surface area contributed by atoms with Crippen LogP contribution in [0.1, 0.15) is 28.3 Å². The third-order valence-corrected chi connectivity index (χ3v) is 5.51. The molecule has 1 aliphatic heterocycles. The van der Waals surface area contributed by atoms with Gasteiger partial charge in [0.1, 0.15) is 5.58 Å². The number of thiophene rings is 1. The molecule has 0 N–H and O–H groups in total. The third-order valence-electron chi connectivity index (χ3n) is 4.64. The van der Waals surface area contributed by atoms with E-state index in [0.717, 1.165) is 17.7 Å². The number of benzene rings is 1. The Morgan fingerprint density at radius 2 is 1.96 bits per heavy atom. The van der Waals surface area contributed by atoms with Gasteiger partial charge in [-0.15, -0.1) is 11.3 Å². The molecule has 1 saturated heterocycles. The molecule has 3 heterocycles. The maximum atomic E-state index is 13.2. The van der Waals surface area contributed by atoms with Crippen molar-refractivity contribution in [3.8, 4) is 0 Å². The van der Waals surface area contributed by atoms with Crippen LogP contribution in [0.4, 0.5) is 0 Å². The quantitative estimate of drug-likeness (QED) is 0.704. The molecule has 0 bridgehead atoms. The lowest BCUT2D eigenvalue weighted by molar-refractivity contribution is 0.0252. The van der Waals surface area contributed by atoms with E-state index in [2.05, 4.69) is 0 Å². The Kier molecular flexibility index (Phi) is 4.86. The van der Waals surface area contributed by atoms with E-state index in [-0.39, 0.29) is 23.1 Å². The molecule has 0 atom stereocenters. The van der Waals surface area contributed by atoms with Crippen LogP contribution in [-0.2, 0) is 11.3 Å². The first-order valence-corrected chi connectivity index (χ1v) is 9.54. The van der Waals surface area contributed by atoms with Crippen molar-refractivity contribution in [3.05, 3.63) is 68.7 Å². The molecule has 4 rings (SSSR count). The lowest BCUT2D eigenvalue weighted by Crippen LogP contribution is -2.43. The van der Waals surface area contributed by atoms with E-state index >= 15 is 0 Å². The number of nitrogens with zero attached hydrogens (tertiary/aromatic N) is 1. The maximum Gasteiger partial charge on any atom is 0.290 e. The van der Waals surface area contributed by atoms with Gasteiger partial charge in [0.2, 0.25) is 0 Å². The third kappa shape index (κ3) is 3.43. The van der Waals surface area contributed by atoms with Crippen LogP contribution in [0.25, 0.3) is 11.0 Å². The van der Waals surface area contributed by atoms with Crippen molar-refractivity contribution in [2.24, 2.45) is 0 Å². The van der Waals surface area contributed by atoms with Crippen molar-refractivity contribution in [1.29, 1.82) is 0 Å². The highest BCUT2D eigenvalue weighted by molar-refractivity contribution is 7.09. The van der Waals surface area contributed by atoms with Crippen LogP contribution in [0.3, 0.4) is 0 Å². The van der Waals surface area contributed by atoms with Crippen molar-refractivity contribution in [3.63, 3.8) is 0 Å². The first kappa shape index (κ1) is 17.0. The number of hydrogen-bond acceptors (Lipinski definition) is 5. The van der Waals surface area contributed by atoms with Crippen LogP contribution >= 0.6 is 11.3 Å². The second-order valence-electron chi connectivity index (χ2n) is 6.33. The van der Waals surface area contributed by atoms with Crippen molar-refractivity contribution < 1.29 is 13.9 Å². The molecule has 1 amide bonds. The fraction of sp³-hybridized carbons (Fsp3) is 0.300. The van der Waals surface area contributed by atoms with Gasteiger partial charge in [0.05, 0.1) is 11.9 Å². The number of fused-ring (bicyclic) bond motifs is 1. The normalized spacial score (nSPS) is 15.2. The summed E-state index contributed by atoms with van der Waals surface area (Å²) in [5, 5.41) is 2.48. The van der Waals surface area contributed by atoms with Crippen molar-refractivity contribution >= 4 is 28.2 Å². The predicted molar refractivity (Wildman–Crippen MR) is 101 cm³/mol. The standard InChI is InChI=1S/C20H19NO4S/c22-17-12-19(25-18-6-2-1-5-16(17)18)20(23)21(13-15-4-3-11-26-15)14-7-9-24-10-8-14/h1-6,11-12,14H,7-10,13H2. The molecule has 3 aromatic rings. The molecule has 0 saturated carbocycles. The summed E-state index contributed by atoms with van der Waals surface area (Å²) in [4.78, 5) is 28.5. The van der Waals surface area contributed by atoms with Crippen LogP contribution in [0, 0.1) is 0 Å². The van der Waals surface area contributed by atoms with Crippen molar-refractivity contribution in [1.82, 2.24) is 4.90 Å². The number of ether oxygens (including phenoxy) is 1. The molecule has 0 unspecified atom stereocenters. The Morgan fingerprint density at radius 1 is 1.15 bits per heavy atom. The summed E-state index contributed by atoms with van der Waals surface area (Å²) in [6, 6.07) is 12.4. The Balaban J connectivity index is 1.70. The van der Waals surface area contributed by atoms with E-state index in [4.69, 9.17) is 9.15 Å². The van der Waals surface area contributed by atoms with Gasteiger partial charge in [-0.05, 0) is 36.4 Å². The summed E-state index contributed by atoms with van der Waals surface area (Å²) in [6.07, 6.45) is 1.57. The zero-order valence-corrected chi connectivity index (χ0v) is 15.0. The van der Waals surface area contributed by atoms with Gasteiger partial charge in [-0.3, -0.25) is 9.59 Å². The summed E-state index contributed by atoms with van der Waals surface area (Å²) < 4.78 is 11.2. The molecule has 134 valence electrons. The lowest BCUT2D eigenvalue weighted by atomic mass is 10.1. The van der Waals surface area contributed by atoms with E-state index < -0.39 is 0 Å². The van der Waals surface area contributed by atoms with Crippen molar-refractivity contribution in [2.75, 3.05) is 13.2 Å². The minimum Gasteiger partial charge on any atom is -0.451 e. The maximum absolute atomic E-state index is 13.2. The van der Waals surface area contributed by atoms with E-state index in [9.17, 15) is 9.59 Å². The summed E-state index contributed by atoms with van der Waals surface area (Å²) in [5.74, 6) is -0.148. The van der Waals surface area contributed by atoms with Crippen LogP contribution in [0.5, 0.6) is 0 Å². The highest BCUT2D eigenvalue weighted by atomic mass is 32.1. The Bertz CT molecular complexity index is 957. The summed E-state index contributed by atoms with van der Waals surface area (Å²) >= 11 is 1.62. The second kappa shape index (κ2) is 7.43. The molecule has 1 aliphatic rings.